The number of aliphatic hydroxyl groups excluding tert-OH is 1. The minimum atomic E-state index is -0.827. The van der Waals surface area contributed by atoms with Gasteiger partial charge in [0.25, 0.3) is 5.91 Å². The lowest BCUT2D eigenvalue weighted by Gasteiger charge is -2.42. The van der Waals surface area contributed by atoms with Gasteiger partial charge in [-0.15, -0.1) is 0 Å². The molecule has 0 aromatic heterocycles. The van der Waals surface area contributed by atoms with E-state index in [0.29, 0.717) is 19.6 Å². The number of nitrogens with zero attached hydrogens (tertiary/aromatic N) is 3. The van der Waals surface area contributed by atoms with E-state index >= 15 is 0 Å². The highest BCUT2D eigenvalue weighted by atomic mass is 16.3. The quantitative estimate of drug-likeness (QED) is 0.823. The molecule has 2 aliphatic heterocycles. The fourth-order valence-electron chi connectivity index (χ4n) is 4.43. The van der Waals surface area contributed by atoms with Crippen molar-refractivity contribution < 1.29 is 14.7 Å². The molecule has 136 valence electrons. The molecule has 1 atom stereocenters. The van der Waals surface area contributed by atoms with Gasteiger partial charge in [-0.05, 0) is 38.6 Å². The van der Waals surface area contributed by atoms with Crippen LogP contribution < -0.4 is 0 Å². The Kier molecular flexibility index (Phi) is 5.76. The molecule has 0 aromatic carbocycles. The Morgan fingerprint density at radius 1 is 1.04 bits per heavy atom. The van der Waals surface area contributed by atoms with Gasteiger partial charge in [-0.1, -0.05) is 19.3 Å². The van der Waals surface area contributed by atoms with E-state index < -0.39 is 6.10 Å². The predicted molar refractivity (Wildman–Crippen MR) is 91.4 cm³/mol. The van der Waals surface area contributed by atoms with Gasteiger partial charge in [-0.3, -0.25) is 14.5 Å². The molecule has 6 heteroatoms. The van der Waals surface area contributed by atoms with Crippen LogP contribution in [0.15, 0.2) is 0 Å². The van der Waals surface area contributed by atoms with E-state index in [9.17, 15) is 14.7 Å². The van der Waals surface area contributed by atoms with E-state index in [1.807, 2.05) is 16.8 Å². The maximum Gasteiger partial charge on any atom is 0.251 e. The SMILES string of the molecule is CN1CCN(C2CCN(C(=O)C(O)C3CCCCC3)CC2)C(=O)C1. The lowest BCUT2D eigenvalue weighted by Crippen LogP contribution is -2.56. The maximum atomic E-state index is 12.6. The third kappa shape index (κ3) is 3.91. The molecule has 0 spiro atoms. The van der Waals surface area contributed by atoms with Crippen LogP contribution in [-0.2, 0) is 9.59 Å². The Balaban J connectivity index is 1.49. The molecule has 2 heterocycles. The maximum absolute atomic E-state index is 12.6. The van der Waals surface area contributed by atoms with E-state index in [2.05, 4.69) is 4.90 Å². The summed E-state index contributed by atoms with van der Waals surface area (Å²) in [5.74, 6) is 0.254. The molecule has 1 aliphatic carbocycles. The molecule has 0 radical (unpaired) electrons. The smallest absolute Gasteiger partial charge is 0.251 e. The van der Waals surface area contributed by atoms with Crippen LogP contribution in [-0.4, -0.2) is 83.5 Å². The first-order chi connectivity index (χ1) is 11.6. The van der Waals surface area contributed by atoms with Crippen LogP contribution in [0.25, 0.3) is 0 Å². The van der Waals surface area contributed by atoms with Crippen molar-refractivity contribution in [3.05, 3.63) is 0 Å². The van der Waals surface area contributed by atoms with E-state index in [-0.39, 0.29) is 23.8 Å². The first-order valence-electron chi connectivity index (χ1n) is 9.51. The zero-order valence-electron chi connectivity index (χ0n) is 14.8. The Bertz CT molecular complexity index is 456. The average molecular weight is 337 g/mol. The topological polar surface area (TPSA) is 64.1 Å². The second-order valence-corrected chi connectivity index (χ2v) is 7.72. The van der Waals surface area contributed by atoms with Crippen molar-refractivity contribution in [2.24, 2.45) is 5.92 Å². The predicted octanol–water partition coefficient (Wildman–Crippen LogP) is 0.693. The molecule has 0 bridgehead atoms. The van der Waals surface area contributed by atoms with E-state index in [1.54, 1.807) is 0 Å². The third-order valence-electron chi connectivity index (χ3n) is 6.01. The average Bonchev–Trinajstić information content (AvgIpc) is 2.61. The first kappa shape index (κ1) is 17.7. The number of aliphatic hydroxyl groups is 1. The second-order valence-electron chi connectivity index (χ2n) is 7.72. The fourth-order valence-corrected chi connectivity index (χ4v) is 4.43. The molecule has 2 saturated heterocycles. The summed E-state index contributed by atoms with van der Waals surface area (Å²) in [6.07, 6.45) is 6.26. The Hall–Kier alpha value is -1.14. The van der Waals surface area contributed by atoms with Crippen LogP contribution in [0.1, 0.15) is 44.9 Å². The van der Waals surface area contributed by atoms with Crippen LogP contribution in [0.3, 0.4) is 0 Å². The standard InChI is InChI=1S/C18H31N3O3/c1-19-11-12-21(16(22)13-19)15-7-9-20(10-8-15)18(24)17(23)14-5-3-2-4-6-14/h14-15,17,23H,2-13H2,1H3. The minimum absolute atomic E-state index is 0.0925. The van der Waals surface area contributed by atoms with Crippen molar-refractivity contribution >= 4 is 11.8 Å². The Morgan fingerprint density at radius 3 is 2.33 bits per heavy atom. The molecule has 0 aromatic rings. The minimum Gasteiger partial charge on any atom is -0.383 e. The molecule has 24 heavy (non-hydrogen) atoms. The van der Waals surface area contributed by atoms with Crippen LogP contribution in [0.5, 0.6) is 0 Å². The highest BCUT2D eigenvalue weighted by molar-refractivity contribution is 5.81. The highest BCUT2D eigenvalue weighted by Crippen LogP contribution is 2.28. The summed E-state index contributed by atoms with van der Waals surface area (Å²) in [7, 11) is 1.98. The molecule has 1 saturated carbocycles. The van der Waals surface area contributed by atoms with Gasteiger partial charge >= 0.3 is 0 Å². The summed E-state index contributed by atoms with van der Waals surface area (Å²) >= 11 is 0. The molecule has 3 aliphatic rings. The van der Waals surface area contributed by atoms with Crippen molar-refractivity contribution in [2.45, 2.75) is 57.1 Å². The van der Waals surface area contributed by atoms with Crippen LogP contribution in [0.2, 0.25) is 0 Å². The number of likely N-dealkylation sites (N-methyl/N-ethyl adjacent to an activating group) is 1. The summed E-state index contributed by atoms with van der Waals surface area (Å²) in [5, 5.41) is 10.4. The number of amides is 2. The molecule has 6 nitrogen and oxygen atoms in total. The van der Waals surface area contributed by atoms with Crippen molar-refractivity contribution in [3.8, 4) is 0 Å². The van der Waals surface area contributed by atoms with Gasteiger partial charge in [0.05, 0.1) is 6.54 Å². The van der Waals surface area contributed by atoms with Gasteiger partial charge in [0.15, 0.2) is 0 Å². The van der Waals surface area contributed by atoms with E-state index in [1.165, 1.54) is 6.42 Å². The summed E-state index contributed by atoms with van der Waals surface area (Å²) in [5.41, 5.74) is 0. The van der Waals surface area contributed by atoms with Gasteiger partial charge in [-0.25, -0.2) is 0 Å². The molecular formula is C18H31N3O3. The van der Waals surface area contributed by atoms with Crippen LogP contribution >= 0.6 is 0 Å². The zero-order valence-corrected chi connectivity index (χ0v) is 14.8. The van der Waals surface area contributed by atoms with Crippen LogP contribution in [0, 0.1) is 5.92 Å². The number of carbonyl (C=O) groups is 2. The zero-order chi connectivity index (χ0) is 17.1. The number of hydrogen-bond acceptors (Lipinski definition) is 4. The van der Waals surface area contributed by atoms with Gasteiger partial charge in [0.1, 0.15) is 6.10 Å². The third-order valence-corrected chi connectivity index (χ3v) is 6.01. The molecule has 1 unspecified atom stereocenters. The molecule has 3 rings (SSSR count). The van der Waals surface area contributed by atoms with Crippen molar-refractivity contribution in [2.75, 3.05) is 39.8 Å². The highest BCUT2D eigenvalue weighted by Gasteiger charge is 2.35. The van der Waals surface area contributed by atoms with Gasteiger partial charge < -0.3 is 14.9 Å². The van der Waals surface area contributed by atoms with Crippen molar-refractivity contribution in [3.63, 3.8) is 0 Å². The molecular weight excluding hydrogens is 306 g/mol. The van der Waals surface area contributed by atoms with Gasteiger partial charge in [0.2, 0.25) is 5.91 Å². The van der Waals surface area contributed by atoms with Gasteiger partial charge in [-0.2, -0.15) is 0 Å². The summed E-state index contributed by atoms with van der Waals surface area (Å²) in [6.45, 7) is 3.53. The number of piperazine rings is 1. The summed E-state index contributed by atoms with van der Waals surface area (Å²) in [4.78, 5) is 30.6. The molecule has 1 N–H and O–H groups in total. The Labute approximate surface area is 144 Å². The number of rotatable bonds is 3. The van der Waals surface area contributed by atoms with E-state index in [0.717, 1.165) is 51.6 Å². The monoisotopic (exact) mass is 337 g/mol. The number of likely N-dealkylation sites (tertiary alicyclic amines) is 1. The van der Waals surface area contributed by atoms with E-state index in [4.69, 9.17) is 0 Å². The number of carbonyl (C=O) groups excluding carboxylic acids is 2. The lowest BCUT2D eigenvalue weighted by atomic mass is 9.84. The Morgan fingerprint density at radius 2 is 1.71 bits per heavy atom. The summed E-state index contributed by atoms with van der Waals surface area (Å²) < 4.78 is 0. The van der Waals surface area contributed by atoms with Crippen molar-refractivity contribution in [1.29, 1.82) is 0 Å². The fraction of sp³-hybridized carbons (Fsp3) is 0.889. The molecule has 3 fully saturated rings. The van der Waals surface area contributed by atoms with Crippen molar-refractivity contribution in [1.82, 2.24) is 14.7 Å². The number of piperidine rings is 1. The summed E-state index contributed by atoms with van der Waals surface area (Å²) in [6, 6.07) is 0.252. The number of hydrogen-bond donors (Lipinski definition) is 1. The normalized spacial score (nSPS) is 26.7. The largest absolute Gasteiger partial charge is 0.383 e. The second kappa shape index (κ2) is 7.83. The molecule has 2 amide bonds. The van der Waals surface area contributed by atoms with Gasteiger partial charge in [0, 0.05) is 32.2 Å². The lowest BCUT2D eigenvalue weighted by molar-refractivity contribution is -0.147. The first-order valence-corrected chi connectivity index (χ1v) is 9.51. The van der Waals surface area contributed by atoms with Crippen LogP contribution in [0.4, 0.5) is 0 Å².